The van der Waals surface area contributed by atoms with Crippen LogP contribution in [0.4, 0.5) is 11.6 Å². The number of aromatic nitrogens is 2. The predicted octanol–water partition coefficient (Wildman–Crippen LogP) is 2.64. The van der Waals surface area contributed by atoms with Crippen LogP contribution in [0.1, 0.15) is 46.4 Å². The lowest BCUT2D eigenvalue weighted by molar-refractivity contribution is -0.142. The lowest BCUT2D eigenvalue weighted by Gasteiger charge is -2.21. The van der Waals surface area contributed by atoms with Crippen molar-refractivity contribution in [3.63, 3.8) is 0 Å². The van der Waals surface area contributed by atoms with Gasteiger partial charge in [0.05, 0.1) is 7.11 Å². The first-order valence-corrected chi connectivity index (χ1v) is 7.36. The number of methoxy groups -OCH3 is 1. The van der Waals surface area contributed by atoms with Crippen molar-refractivity contribution in [1.82, 2.24) is 9.97 Å². The normalized spacial score (nSPS) is 12.4. The van der Waals surface area contributed by atoms with Gasteiger partial charge in [0.25, 0.3) is 0 Å². The molecule has 0 saturated heterocycles. The zero-order valence-corrected chi connectivity index (χ0v) is 13.7. The van der Waals surface area contributed by atoms with Crippen molar-refractivity contribution in [2.45, 2.75) is 46.6 Å². The molecule has 0 aliphatic heterocycles. The smallest absolute Gasteiger partial charge is 0.328 e. The predicted molar refractivity (Wildman–Crippen MR) is 84.5 cm³/mol. The first-order valence-electron chi connectivity index (χ1n) is 7.36. The Kier molecular flexibility index (Phi) is 6.39. The zero-order chi connectivity index (χ0) is 16.0. The summed E-state index contributed by atoms with van der Waals surface area (Å²) in [5.74, 6) is 2.14. The summed E-state index contributed by atoms with van der Waals surface area (Å²) in [6.07, 6.45) is 0. The molecule has 1 aromatic rings. The van der Waals surface area contributed by atoms with Crippen LogP contribution >= 0.6 is 0 Å². The second-order valence-corrected chi connectivity index (χ2v) is 5.57. The van der Waals surface area contributed by atoms with Gasteiger partial charge in [0.2, 0.25) is 0 Å². The minimum atomic E-state index is -0.431. The van der Waals surface area contributed by atoms with Gasteiger partial charge in [-0.05, 0) is 12.8 Å². The second-order valence-electron chi connectivity index (χ2n) is 5.57. The fourth-order valence-electron chi connectivity index (χ4n) is 1.85. The molecule has 1 aromatic heterocycles. The summed E-state index contributed by atoms with van der Waals surface area (Å²) in [7, 11) is 1.39. The van der Waals surface area contributed by atoms with E-state index in [0.29, 0.717) is 5.82 Å². The van der Waals surface area contributed by atoms with E-state index in [2.05, 4.69) is 20.6 Å². The highest BCUT2D eigenvalue weighted by Crippen LogP contribution is 2.19. The summed E-state index contributed by atoms with van der Waals surface area (Å²) in [6.45, 7) is 10.8. The summed E-state index contributed by atoms with van der Waals surface area (Å²) in [6, 6.07) is 1.38. The van der Waals surface area contributed by atoms with Crippen LogP contribution in [0.2, 0.25) is 0 Å². The molecular formula is C15H26N4O2. The molecule has 0 aliphatic carbocycles. The number of anilines is 2. The quantitative estimate of drug-likeness (QED) is 0.753. The van der Waals surface area contributed by atoms with Crippen LogP contribution < -0.4 is 10.6 Å². The molecule has 1 atom stereocenters. The number of hydrogen-bond acceptors (Lipinski definition) is 6. The third-order valence-corrected chi connectivity index (χ3v) is 3.04. The maximum atomic E-state index is 11.8. The molecule has 118 valence electrons. The van der Waals surface area contributed by atoms with Crippen LogP contribution in [-0.2, 0) is 9.53 Å². The Morgan fingerprint density at radius 3 is 2.33 bits per heavy atom. The highest BCUT2D eigenvalue weighted by atomic mass is 16.5. The van der Waals surface area contributed by atoms with Crippen LogP contribution in [0.25, 0.3) is 0 Å². The molecule has 0 amide bonds. The maximum Gasteiger partial charge on any atom is 0.328 e. The summed E-state index contributed by atoms with van der Waals surface area (Å²) >= 11 is 0. The first kappa shape index (κ1) is 17.2. The molecule has 0 spiro atoms. The monoisotopic (exact) mass is 294 g/mol. The fourth-order valence-corrected chi connectivity index (χ4v) is 1.85. The number of nitrogens with zero attached hydrogens (tertiary/aromatic N) is 2. The van der Waals surface area contributed by atoms with E-state index in [-0.39, 0.29) is 17.8 Å². The third kappa shape index (κ3) is 4.88. The number of carbonyl (C=O) groups is 1. The molecule has 1 rings (SSSR count). The lowest BCUT2D eigenvalue weighted by Crippen LogP contribution is -2.36. The van der Waals surface area contributed by atoms with Crippen LogP contribution in [0.5, 0.6) is 0 Å². The van der Waals surface area contributed by atoms with Crippen LogP contribution in [0.3, 0.4) is 0 Å². The molecular weight excluding hydrogens is 268 g/mol. The second kappa shape index (κ2) is 7.81. The Balaban J connectivity index is 3.07. The van der Waals surface area contributed by atoms with Crippen LogP contribution in [-0.4, -0.2) is 35.6 Å². The molecule has 1 heterocycles. The van der Waals surface area contributed by atoms with Gasteiger partial charge in [-0.2, -0.15) is 0 Å². The van der Waals surface area contributed by atoms with E-state index in [1.165, 1.54) is 7.11 Å². The lowest BCUT2D eigenvalue weighted by atomic mass is 10.0. The summed E-state index contributed by atoms with van der Waals surface area (Å²) in [5, 5.41) is 6.34. The van der Waals surface area contributed by atoms with E-state index < -0.39 is 6.04 Å². The Morgan fingerprint density at radius 2 is 1.86 bits per heavy atom. The SMILES string of the molecule is CCNc1cc(NC(C(=O)OC)C(C)C)nc(C(C)C)n1. The topological polar surface area (TPSA) is 76.1 Å². The number of nitrogens with one attached hydrogen (secondary N) is 2. The number of hydrogen-bond donors (Lipinski definition) is 2. The fraction of sp³-hybridized carbons (Fsp3) is 0.667. The largest absolute Gasteiger partial charge is 0.467 e. The van der Waals surface area contributed by atoms with E-state index in [0.717, 1.165) is 18.2 Å². The van der Waals surface area contributed by atoms with E-state index in [9.17, 15) is 4.79 Å². The Morgan fingerprint density at radius 1 is 1.24 bits per heavy atom. The molecule has 0 fully saturated rings. The van der Waals surface area contributed by atoms with Crippen molar-refractivity contribution in [3.8, 4) is 0 Å². The van der Waals surface area contributed by atoms with Crippen molar-refractivity contribution in [1.29, 1.82) is 0 Å². The molecule has 2 N–H and O–H groups in total. The minimum Gasteiger partial charge on any atom is -0.467 e. The average Bonchev–Trinajstić information content (AvgIpc) is 2.43. The Hall–Kier alpha value is -1.85. The van der Waals surface area contributed by atoms with Gasteiger partial charge < -0.3 is 15.4 Å². The van der Waals surface area contributed by atoms with Crippen LogP contribution in [0.15, 0.2) is 6.07 Å². The molecule has 0 saturated carbocycles. The van der Waals surface area contributed by atoms with Gasteiger partial charge in [0.15, 0.2) is 0 Å². The van der Waals surface area contributed by atoms with Crippen molar-refractivity contribution in [2.24, 2.45) is 5.92 Å². The number of esters is 1. The van der Waals surface area contributed by atoms with Gasteiger partial charge in [-0.25, -0.2) is 14.8 Å². The standard InChI is InChI=1S/C15H26N4O2/c1-7-16-11-8-12(19-14(18-11)10(4)5)17-13(9(2)3)15(20)21-6/h8-10,13H,7H2,1-6H3,(H2,16,17,18,19). The van der Waals surface area contributed by atoms with E-state index in [1.807, 2.05) is 40.7 Å². The molecule has 1 unspecified atom stereocenters. The molecule has 0 bridgehead atoms. The van der Waals surface area contributed by atoms with E-state index >= 15 is 0 Å². The number of ether oxygens (including phenoxy) is 1. The minimum absolute atomic E-state index is 0.0949. The maximum absolute atomic E-state index is 11.8. The number of rotatable bonds is 7. The van der Waals surface area contributed by atoms with Crippen molar-refractivity contribution in [2.75, 3.05) is 24.3 Å². The summed E-state index contributed by atoms with van der Waals surface area (Å²) < 4.78 is 4.84. The molecule has 0 radical (unpaired) electrons. The Bertz CT molecular complexity index is 475. The van der Waals surface area contributed by atoms with Gasteiger partial charge in [0.1, 0.15) is 23.5 Å². The van der Waals surface area contributed by atoms with E-state index in [4.69, 9.17) is 4.74 Å². The van der Waals surface area contributed by atoms with Gasteiger partial charge in [-0.15, -0.1) is 0 Å². The van der Waals surface area contributed by atoms with Gasteiger partial charge in [-0.3, -0.25) is 0 Å². The Labute approximate surface area is 126 Å². The molecule has 6 heteroatoms. The summed E-state index contributed by atoms with van der Waals surface area (Å²) in [5.41, 5.74) is 0. The van der Waals surface area contributed by atoms with Crippen molar-refractivity contribution >= 4 is 17.6 Å². The van der Waals surface area contributed by atoms with Crippen molar-refractivity contribution < 1.29 is 9.53 Å². The molecule has 0 aromatic carbocycles. The first-order chi connectivity index (χ1) is 9.88. The molecule has 0 aliphatic rings. The third-order valence-electron chi connectivity index (χ3n) is 3.04. The summed E-state index contributed by atoms with van der Waals surface area (Å²) in [4.78, 5) is 20.8. The van der Waals surface area contributed by atoms with Gasteiger partial charge in [0, 0.05) is 18.5 Å². The highest BCUT2D eigenvalue weighted by molar-refractivity contribution is 5.79. The highest BCUT2D eigenvalue weighted by Gasteiger charge is 2.23. The van der Waals surface area contributed by atoms with Gasteiger partial charge in [-0.1, -0.05) is 27.7 Å². The average molecular weight is 294 g/mol. The number of carbonyl (C=O) groups excluding carboxylic acids is 1. The molecule has 6 nitrogen and oxygen atoms in total. The zero-order valence-electron chi connectivity index (χ0n) is 13.7. The molecule has 21 heavy (non-hydrogen) atoms. The van der Waals surface area contributed by atoms with Crippen LogP contribution in [0, 0.1) is 5.92 Å². The van der Waals surface area contributed by atoms with E-state index in [1.54, 1.807) is 0 Å². The van der Waals surface area contributed by atoms with Crippen molar-refractivity contribution in [3.05, 3.63) is 11.9 Å². The van der Waals surface area contributed by atoms with Gasteiger partial charge >= 0.3 is 5.97 Å².